The molecule has 4 nitrogen and oxygen atoms in total. The average Bonchev–Trinajstić information content (AvgIpc) is 2.43. The second kappa shape index (κ2) is 9.25. The number of carbonyl (C=O) groups excluding carboxylic acids is 1. The number of ether oxygens (including phenoxy) is 2. The number of rotatable bonds is 9. The maximum atomic E-state index is 10.9. The number of carbonyl (C=O) groups is 1. The average molecular weight is 265 g/mol. The lowest BCUT2D eigenvalue weighted by Crippen LogP contribution is -2.00. The highest BCUT2D eigenvalue weighted by Gasteiger charge is 1.99. The number of nitrogens with two attached hydrogens (primary N) is 1. The van der Waals surface area contributed by atoms with Gasteiger partial charge in [-0.05, 0) is 37.1 Å². The van der Waals surface area contributed by atoms with E-state index in [-0.39, 0.29) is 5.97 Å². The largest absolute Gasteiger partial charge is 0.494 e. The van der Waals surface area contributed by atoms with E-state index < -0.39 is 0 Å². The first kappa shape index (κ1) is 15.3. The molecule has 0 amide bonds. The smallest absolute Gasteiger partial charge is 0.305 e. The molecule has 2 N–H and O–H groups in total. The molecule has 0 unspecified atom stereocenters. The van der Waals surface area contributed by atoms with Crippen molar-refractivity contribution in [2.45, 2.75) is 38.5 Å². The van der Waals surface area contributed by atoms with Crippen LogP contribution >= 0.6 is 0 Å². The van der Waals surface area contributed by atoms with E-state index in [1.165, 1.54) is 7.11 Å². The van der Waals surface area contributed by atoms with Crippen molar-refractivity contribution in [1.29, 1.82) is 0 Å². The van der Waals surface area contributed by atoms with Gasteiger partial charge in [0.05, 0.1) is 13.7 Å². The molecule has 106 valence electrons. The first-order chi connectivity index (χ1) is 9.22. The maximum Gasteiger partial charge on any atom is 0.305 e. The third kappa shape index (κ3) is 7.34. The summed E-state index contributed by atoms with van der Waals surface area (Å²) in [6, 6.07) is 7.43. The van der Waals surface area contributed by atoms with Crippen LogP contribution in [0.5, 0.6) is 5.75 Å². The molecule has 0 spiro atoms. The number of benzene rings is 1. The second-order valence-electron chi connectivity index (χ2n) is 4.51. The molecule has 1 rings (SSSR count). The SMILES string of the molecule is COC(=O)CCCCCCCOc1ccc(N)cc1. The van der Waals surface area contributed by atoms with Crippen molar-refractivity contribution in [2.75, 3.05) is 19.5 Å². The number of hydrogen-bond donors (Lipinski definition) is 1. The molecule has 1 aromatic carbocycles. The zero-order chi connectivity index (χ0) is 13.9. The predicted molar refractivity (Wildman–Crippen MR) is 76.1 cm³/mol. The van der Waals surface area contributed by atoms with E-state index in [2.05, 4.69) is 4.74 Å². The van der Waals surface area contributed by atoms with Crippen LogP contribution in [0.1, 0.15) is 38.5 Å². The van der Waals surface area contributed by atoms with Crippen LogP contribution < -0.4 is 10.5 Å². The normalized spacial score (nSPS) is 10.2. The lowest BCUT2D eigenvalue weighted by atomic mass is 10.1. The number of methoxy groups -OCH3 is 1. The van der Waals surface area contributed by atoms with Crippen LogP contribution in [0.15, 0.2) is 24.3 Å². The van der Waals surface area contributed by atoms with E-state index in [0.717, 1.165) is 50.1 Å². The van der Waals surface area contributed by atoms with Gasteiger partial charge in [0, 0.05) is 12.1 Å². The van der Waals surface area contributed by atoms with Gasteiger partial charge in [0.25, 0.3) is 0 Å². The summed E-state index contributed by atoms with van der Waals surface area (Å²) in [4.78, 5) is 10.9. The minimum Gasteiger partial charge on any atom is -0.494 e. The van der Waals surface area contributed by atoms with Gasteiger partial charge >= 0.3 is 5.97 Å². The number of unbranched alkanes of at least 4 members (excludes halogenated alkanes) is 4. The Hall–Kier alpha value is -1.71. The van der Waals surface area contributed by atoms with Crippen LogP contribution in [0.2, 0.25) is 0 Å². The fourth-order valence-electron chi connectivity index (χ4n) is 1.76. The summed E-state index contributed by atoms with van der Waals surface area (Å²) in [5, 5.41) is 0. The van der Waals surface area contributed by atoms with E-state index in [4.69, 9.17) is 10.5 Å². The minimum atomic E-state index is -0.119. The molecule has 0 aromatic heterocycles. The van der Waals surface area contributed by atoms with Crippen molar-refractivity contribution in [1.82, 2.24) is 0 Å². The molecule has 0 saturated heterocycles. The lowest BCUT2D eigenvalue weighted by Gasteiger charge is -2.06. The van der Waals surface area contributed by atoms with Crippen molar-refractivity contribution in [3.8, 4) is 5.75 Å². The summed E-state index contributed by atoms with van der Waals surface area (Å²) in [6.07, 6.45) is 5.78. The molecule has 1 aromatic rings. The first-order valence-electron chi connectivity index (χ1n) is 6.77. The van der Waals surface area contributed by atoms with Crippen LogP contribution in [-0.4, -0.2) is 19.7 Å². The standard InChI is InChI=1S/C15H23NO3/c1-18-15(17)7-5-3-2-4-6-12-19-14-10-8-13(16)9-11-14/h8-11H,2-7,12,16H2,1H3. The monoisotopic (exact) mass is 265 g/mol. The van der Waals surface area contributed by atoms with Crippen LogP contribution in [0.3, 0.4) is 0 Å². The Morgan fingerprint density at radius 2 is 1.68 bits per heavy atom. The summed E-state index contributed by atoms with van der Waals surface area (Å²) >= 11 is 0. The summed E-state index contributed by atoms with van der Waals surface area (Å²) in [6.45, 7) is 0.723. The van der Waals surface area contributed by atoms with Crippen LogP contribution in [0.25, 0.3) is 0 Å². The fourth-order valence-corrected chi connectivity index (χ4v) is 1.76. The molecule has 0 heterocycles. The third-order valence-corrected chi connectivity index (χ3v) is 2.90. The molecule has 0 fully saturated rings. The van der Waals surface area contributed by atoms with E-state index >= 15 is 0 Å². The molecular weight excluding hydrogens is 242 g/mol. The summed E-state index contributed by atoms with van der Waals surface area (Å²) in [5.41, 5.74) is 6.34. The van der Waals surface area contributed by atoms with Crippen molar-refractivity contribution in [3.63, 3.8) is 0 Å². The molecule has 0 atom stereocenters. The zero-order valence-corrected chi connectivity index (χ0v) is 11.6. The highest BCUT2D eigenvalue weighted by atomic mass is 16.5. The van der Waals surface area contributed by atoms with Crippen molar-refractivity contribution >= 4 is 11.7 Å². The molecule has 0 saturated carbocycles. The lowest BCUT2D eigenvalue weighted by molar-refractivity contribution is -0.140. The number of anilines is 1. The highest BCUT2D eigenvalue weighted by Crippen LogP contribution is 2.14. The Bertz CT molecular complexity index is 362. The predicted octanol–water partition coefficient (Wildman–Crippen LogP) is 3.16. The van der Waals surface area contributed by atoms with Crippen molar-refractivity contribution < 1.29 is 14.3 Å². The Balaban J connectivity index is 1.94. The second-order valence-corrected chi connectivity index (χ2v) is 4.51. The molecular formula is C15H23NO3. The van der Waals surface area contributed by atoms with Gasteiger partial charge in [0.2, 0.25) is 0 Å². The Morgan fingerprint density at radius 1 is 1.05 bits per heavy atom. The van der Waals surface area contributed by atoms with Crippen LogP contribution in [0, 0.1) is 0 Å². The van der Waals surface area contributed by atoms with E-state index in [9.17, 15) is 4.79 Å². The Morgan fingerprint density at radius 3 is 2.37 bits per heavy atom. The third-order valence-electron chi connectivity index (χ3n) is 2.90. The minimum absolute atomic E-state index is 0.119. The van der Waals surface area contributed by atoms with Gasteiger partial charge in [-0.15, -0.1) is 0 Å². The Labute approximate surface area is 114 Å². The van der Waals surface area contributed by atoms with Crippen LogP contribution in [0.4, 0.5) is 5.69 Å². The number of nitrogen functional groups attached to an aromatic ring is 1. The van der Waals surface area contributed by atoms with Gasteiger partial charge in [-0.1, -0.05) is 19.3 Å². The van der Waals surface area contributed by atoms with Gasteiger partial charge in [0.15, 0.2) is 0 Å². The van der Waals surface area contributed by atoms with Crippen LogP contribution in [-0.2, 0) is 9.53 Å². The molecule has 19 heavy (non-hydrogen) atoms. The summed E-state index contributed by atoms with van der Waals surface area (Å²) in [7, 11) is 1.43. The van der Waals surface area contributed by atoms with E-state index in [0.29, 0.717) is 6.42 Å². The van der Waals surface area contributed by atoms with Gasteiger partial charge in [0.1, 0.15) is 5.75 Å². The van der Waals surface area contributed by atoms with Gasteiger partial charge in [-0.2, -0.15) is 0 Å². The van der Waals surface area contributed by atoms with Gasteiger partial charge in [-0.3, -0.25) is 4.79 Å². The molecule has 0 aliphatic heterocycles. The van der Waals surface area contributed by atoms with Crippen molar-refractivity contribution in [2.24, 2.45) is 0 Å². The number of esters is 1. The highest BCUT2D eigenvalue weighted by molar-refractivity contribution is 5.68. The van der Waals surface area contributed by atoms with E-state index in [1.807, 2.05) is 24.3 Å². The molecule has 4 heteroatoms. The molecule has 0 aliphatic carbocycles. The first-order valence-corrected chi connectivity index (χ1v) is 6.77. The zero-order valence-electron chi connectivity index (χ0n) is 11.6. The van der Waals surface area contributed by atoms with E-state index in [1.54, 1.807) is 0 Å². The maximum absolute atomic E-state index is 10.9. The van der Waals surface area contributed by atoms with Gasteiger partial charge < -0.3 is 15.2 Å². The fraction of sp³-hybridized carbons (Fsp3) is 0.533. The summed E-state index contributed by atoms with van der Waals surface area (Å²) < 4.78 is 10.2. The molecule has 0 aliphatic rings. The Kier molecular flexibility index (Phi) is 7.47. The van der Waals surface area contributed by atoms with Gasteiger partial charge in [-0.25, -0.2) is 0 Å². The quantitative estimate of drug-likeness (QED) is 0.423. The van der Waals surface area contributed by atoms with Crippen molar-refractivity contribution in [3.05, 3.63) is 24.3 Å². The topological polar surface area (TPSA) is 61.5 Å². The molecule has 0 bridgehead atoms. The molecule has 0 radical (unpaired) electrons. The summed E-state index contributed by atoms with van der Waals surface area (Å²) in [5.74, 6) is 0.742. The number of hydrogen-bond acceptors (Lipinski definition) is 4.